The standard InChI is InChI=1S/C28H27ClN2O2/c1-2-33-28(32)22-9-13-24(14-10-22)31-17-15-21(16-18-31)27(19-30)26-6-4-3-5-25(26)20-7-11-23(29)12-8-20/h3-14,21,27H,2,15-18H2,1H3. The fourth-order valence-corrected chi connectivity index (χ4v) is 4.73. The van der Waals surface area contributed by atoms with Crippen LogP contribution < -0.4 is 4.90 Å². The molecule has 4 nitrogen and oxygen atoms in total. The van der Waals surface area contributed by atoms with Gasteiger partial charge in [0.1, 0.15) is 0 Å². The number of esters is 1. The van der Waals surface area contributed by atoms with Crippen molar-refractivity contribution in [2.24, 2.45) is 5.92 Å². The third-order valence-electron chi connectivity index (χ3n) is 6.34. The largest absolute Gasteiger partial charge is 0.462 e. The molecule has 3 aromatic carbocycles. The topological polar surface area (TPSA) is 53.3 Å². The Morgan fingerprint density at radius 1 is 1.06 bits per heavy atom. The van der Waals surface area contributed by atoms with Gasteiger partial charge in [0.15, 0.2) is 0 Å². The van der Waals surface area contributed by atoms with Gasteiger partial charge in [0.25, 0.3) is 0 Å². The highest BCUT2D eigenvalue weighted by atomic mass is 35.5. The van der Waals surface area contributed by atoms with E-state index in [0.717, 1.165) is 48.3 Å². The number of ether oxygens (including phenoxy) is 1. The van der Waals surface area contributed by atoms with E-state index in [-0.39, 0.29) is 11.9 Å². The van der Waals surface area contributed by atoms with Gasteiger partial charge in [-0.1, -0.05) is 48.0 Å². The van der Waals surface area contributed by atoms with Crippen molar-refractivity contribution in [3.63, 3.8) is 0 Å². The molecule has 33 heavy (non-hydrogen) atoms. The normalized spacial score (nSPS) is 15.0. The number of halogens is 1. The Bertz CT molecular complexity index is 1130. The van der Waals surface area contributed by atoms with Crippen LogP contribution in [0, 0.1) is 17.2 Å². The summed E-state index contributed by atoms with van der Waals surface area (Å²) in [6.45, 7) is 3.93. The molecule has 1 heterocycles. The van der Waals surface area contributed by atoms with Crippen molar-refractivity contribution in [3.05, 3.63) is 88.9 Å². The number of benzene rings is 3. The summed E-state index contributed by atoms with van der Waals surface area (Å²) >= 11 is 6.07. The highest BCUT2D eigenvalue weighted by molar-refractivity contribution is 6.30. The fourth-order valence-electron chi connectivity index (χ4n) is 4.60. The molecule has 3 aromatic rings. The molecule has 1 aliphatic rings. The SMILES string of the molecule is CCOC(=O)c1ccc(N2CCC(C(C#N)c3ccccc3-c3ccc(Cl)cc3)CC2)cc1. The quantitative estimate of drug-likeness (QED) is 0.385. The van der Waals surface area contributed by atoms with Crippen molar-refractivity contribution in [3.8, 4) is 17.2 Å². The van der Waals surface area contributed by atoms with Gasteiger partial charge in [-0.15, -0.1) is 0 Å². The second-order valence-electron chi connectivity index (χ2n) is 8.29. The zero-order valence-corrected chi connectivity index (χ0v) is 19.5. The Morgan fingerprint density at radius 3 is 2.36 bits per heavy atom. The van der Waals surface area contributed by atoms with Gasteiger partial charge >= 0.3 is 5.97 Å². The average molecular weight is 459 g/mol. The first-order valence-electron chi connectivity index (χ1n) is 11.4. The van der Waals surface area contributed by atoms with E-state index in [1.54, 1.807) is 6.92 Å². The summed E-state index contributed by atoms with van der Waals surface area (Å²) in [6, 6.07) is 26.2. The smallest absolute Gasteiger partial charge is 0.338 e. The maximum Gasteiger partial charge on any atom is 0.338 e. The van der Waals surface area contributed by atoms with Gasteiger partial charge in [0.05, 0.1) is 24.2 Å². The monoisotopic (exact) mass is 458 g/mol. The Morgan fingerprint density at radius 2 is 1.73 bits per heavy atom. The van der Waals surface area contributed by atoms with E-state index in [0.29, 0.717) is 23.1 Å². The molecule has 0 aliphatic carbocycles. The maximum atomic E-state index is 11.9. The van der Waals surface area contributed by atoms with Crippen molar-refractivity contribution in [2.75, 3.05) is 24.6 Å². The molecule has 0 saturated carbocycles. The van der Waals surface area contributed by atoms with Gasteiger partial charge < -0.3 is 9.64 Å². The predicted octanol–water partition coefficient (Wildman–Crippen LogP) is 6.71. The molecule has 5 heteroatoms. The first-order chi connectivity index (χ1) is 16.1. The lowest BCUT2D eigenvalue weighted by Crippen LogP contribution is -2.35. The van der Waals surface area contributed by atoms with E-state index in [9.17, 15) is 10.1 Å². The van der Waals surface area contributed by atoms with Crippen LogP contribution in [0.25, 0.3) is 11.1 Å². The van der Waals surface area contributed by atoms with E-state index < -0.39 is 0 Å². The Hall–Kier alpha value is -3.29. The minimum atomic E-state index is -0.293. The van der Waals surface area contributed by atoms with E-state index in [1.165, 1.54) is 0 Å². The number of carbonyl (C=O) groups is 1. The molecule has 0 bridgehead atoms. The lowest BCUT2D eigenvalue weighted by atomic mass is 9.78. The average Bonchev–Trinajstić information content (AvgIpc) is 2.86. The van der Waals surface area contributed by atoms with E-state index in [4.69, 9.17) is 16.3 Å². The fraction of sp³-hybridized carbons (Fsp3) is 0.286. The molecule has 1 atom stereocenters. The molecule has 4 rings (SSSR count). The number of anilines is 1. The van der Waals surface area contributed by atoms with Crippen LogP contribution in [0.4, 0.5) is 5.69 Å². The summed E-state index contributed by atoms with van der Waals surface area (Å²) in [5.41, 5.74) is 4.92. The highest BCUT2D eigenvalue weighted by Crippen LogP contribution is 2.38. The Labute approximate surface area is 200 Å². The van der Waals surface area contributed by atoms with Crippen molar-refractivity contribution < 1.29 is 9.53 Å². The second-order valence-corrected chi connectivity index (χ2v) is 8.73. The summed E-state index contributed by atoms with van der Waals surface area (Å²) in [5.74, 6) is -0.164. The van der Waals surface area contributed by atoms with Crippen LogP contribution >= 0.6 is 11.6 Å². The third kappa shape index (κ3) is 5.21. The van der Waals surface area contributed by atoms with Gasteiger partial charge in [-0.3, -0.25) is 0 Å². The van der Waals surface area contributed by atoms with Gasteiger partial charge in [-0.05, 0) is 78.8 Å². The number of nitrogens with zero attached hydrogens (tertiary/aromatic N) is 2. The lowest BCUT2D eigenvalue weighted by molar-refractivity contribution is 0.0526. The Kier molecular flexibility index (Phi) is 7.32. The Balaban J connectivity index is 1.47. The molecule has 168 valence electrons. The van der Waals surface area contributed by atoms with Crippen molar-refractivity contribution in [1.29, 1.82) is 5.26 Å². The van der Waals surface area contributed by atoms with Crippen LogP contribution in [0.5, 0.6) is 0 Å². The zero-order valence-electron chi connectivity index (χ0n) is 18.7. The first kappa shape index (κ1) is 22.9. The molecule has 1 aliphatic heterocycles. The minimum Gasteiger partial charge on any atom is -0.462 e. The van der Waals surface area contributed by atoms with E-state index in [1.807, 2.05) is 60.7 Å². The number of piperidine rings is 1. The van der Waals surface area contributed by atoms with Crippen LogP contribution in [0.1, 0.15) is 41.6 Å². The van der Waals surface area contributed by atoms with Crippen LogP contribution in [-0.2, 0) is 4.74 Å². The van der Waals surface area contributed by atoms with Crippen LogP contribution in [0.15, 0.2) is 72.8 Å². The number of nitriles is 1. The first-order valence-corrected chi connectivity index (χ1v) is 11.7. The number of rotatable bonds is 6. The molecular formula is C28H27ClN2O2. The molecule has 0 aromatic heterocycles. The highest BCUT2D eigenvalue weighted by Gasteiger charge is 2.29. The molecule has 0 amide bonds. The van der Waals surface area contributed by atoms with Crippen LogP contribution in [-0.4, -0.2) is 25.7 Å². The van der Waals surface area contributed by atoms with E-state index >= 15 is 0 Å². The minimum absolute atomic E-state index is 0.162. The molecule has 1 fully saturated rings. The molecule has 1 saturated heterocycles. The van der Waals surface area contributed by atoms with Crippen LogP contribution in [0.2, 0.25) is 5.02 Å². The van der Waals surface area contributed by atoms with Crippen molar-refractivity contribution in [1.82, 2.24) is 0 Å². The van der Waals surface area contributed by atoms with Gasteiger partial charge in [0, 0.05) is 23.8 Å². The summed E-state index contributed by atoms with van der Waals surface area (Å²) in [6.07, 6.45) is 1.87. The number of carbonyl (C=O) groups excluding carboxylic acids is 1. The summed E-state index contributed by atoms with van der Waals surface area (Å²) in [7, 11) is 0. The molecule has 0 N–H and O–H groups in total. The molecule has 0 radical (unpaired) electrons. The van der Waals surface area contributed by atoms with E-state index in [2.05, 4.69) is 23.1 Å². The van der Waals surface area contributed by atoms with Crippen molar-refractivity contribution in [2.45, 2.75) is 25.7 Å². The maximum absolute atomic E-state index is 11.9. The number of hydrogen-bond acceptors (Lipinski definition) is 4. The predicted molar refractivity (Wildman–Crippen MR) is 133 cm³/mol. The van der Waals surface area contributed by atoms with Gasteiger partial charge in [-0.25, -0.2) is 4.79 Å². The molecule has 0 spiro atoms. The summed E-state index contributed by atoms with van der Waals surface area (Å²) in [4.78, 5) is 14.2. The second kappa shape index (κ2) is 10.6. The number of hydrogen-bond donors (Lipinski definition) is 0. The molecular weight excluding hydrogens is 432 g/mol. The summed E-state index contributed by atoms with van der Waals surface area (Å²) < 4.78 is 5.07. The third-order valence-corrected chi connectivity index (χ3v) is 6.60. The summed E-state index contributed by atoms with van der Waals surface area (Å²) in [5, 5.41) is 10.8. The van der Waals surface area contributed by atoms with Crippen molar-refractivity contribution >= 4 is 23.3 Å². The lowest BCUT2D eigenvalue weighted by Gasteiger charge is -2.36. The zero-order chi connectivity index (χ0) is 23.2. The van der Waals surface area contributed by atoms with Gasteiger partial charge in [-0.2, -0.15) is 5.26 Å². The molecule has 1 unspecified atom stereocenters. The van der Waals surface area contributed by atoms with Crippen LogP contribution in [0.3, 0.4) is 0 Å². The van der Waals surface area contributed by atoms with Gasteiger partial charge in [0.2, 0.25) is 0 Å².